The van der Waals surface area contributed by atoms with Gasteiger partial charge in [0.2, 0.25) is 0 Å². The number of anilines is 2. The second kappa shape index (κ2) is 12.6. The first kappa shape index (κ1) is 26.7. The quantitative estimate of drug-likeness (QED) is 0.286. The zero-order valence-corrected chi connectivity index (χ0v) is 19.5. The van der Waals surface area contributed by atoms with E-state index in [0.717, 1.165) is 23.1 Å². The van der Waals surface area contributed by atoms with Crippen molar-refractivity contribution in [3.05, 3.63) is 90.0 Å². The Labute approximate surface area is 202 Å². The van der Waals surface area contributed by atoms with Crippen LogP contribution in [0.5, 0.6) is 5.75 Å². The van der Waals surface area contributed by atoms with Crippen LogP contribution in [-0.2, 0) is 4.79 Å². The fourth-order valence-corrected chi connectivity index (χ4v) is 3.04. The van der Waals surface area contributed by atoms with Gasteiger partial charge in [-0.1, -0.05) is 38.6 Å². The van der Waals surface area contributed by atoms with Crippen molar-refractivity contribution >= 4 is 29.2 Å². The molecule has 5 N–H and O–H groups in total. The number of carbonyl (C=O) groups is 2. The van der Waals surface area contributed by atoms with E-state index in [1.807, 2.05) is 13.8 Å². The Balaban J connectivity index is 0.00000210. The Morgan fingerprint density at radius 3 is 2.49 bits per heavy atom. The van der Waals surface area contributed by atoms with Gasteiger partial charge in [-0.25, -0.2) is 14.4 Å². The number of phenols is 1. The fourth-order valence-electron chi connectivity index (χ4n) is 3.04. The highest BCUT2D eigenvalue weighted by Crippen LogP contribution is 2.24. The average Bonchev–Trinajstić information content (AvgIpc) is 2.89. The van der Waals surface area contributed by atoms with Crippen molar-refractivity contribution < 1.29 is 19.1 Å². The molecular formula is C25H27FN6O3. The van der Waals surface area contributed by atoms with Gasteiger partial charge >= 0.3 is 0 Å². The summed E-state index contributed by atoms with van der Waals surface area (Å²) in [6, 6.07) is 11.8. The molecule has 0 atom stereocenters. The van der Waals surface area contributed by atoms with E-state index in [9.17, 15) is 19.1 Å². The molecule has 0 bridgehead atoms. The summed E-state index contributed by atoms with van der Waals surface area (Å²) < 4.78 is 13.4. The van der Waals surface area contributed by atoms with E-state index in [0.29, 0.717) is 5.56 Å². The zero-order valence-electron chi connectivity index (χ0n) is 19.5. The van der Waals surface area contributed by atoms with Crippen molar-refractivity contribution in [1.29, 1.82) is 5.41 Å². The summed E-state index contributed by atoms with van der Waals surface area (Å²) in [6.45, 7) is 7.51. The van der Waals surface area contributed by atoms with E-state index in [2.05, 4.69) is 21.9 Å². The molecule has 9 nitrogen and oxygen atoms in total. The third-order valence-corrected chi connectivity index (χ3v) is 4.70. The van der Waals surface area contributed by atoms with Gasteiger partial charge in [0.05, 0.1) is 11.3 Å². The molecule has 1 aromatic heterocycles. The maximum atomic E-state index is 13.4. The number of aromatic hydroxyl groups is 1. The number of rotatable bonds is 8. The summed E-state index contributed by atoms with van der Waals surface area (Å²) in [5, 5.41) is 21.0. The minimum atomic E-state index is -0.822. The number of imide groups is 1. The number of nitrogen functional groups attached to an aromatic ring is 1. The summed E-state index contributed by atoms with van der Waals surface area (Å²) in [5.41, 5.74) is 6.47. The molecule has 10 heteroatoms. The second-order valence-electron chi connectivity index (χ2n) is 6.82. The minimum Gasteiger partial charge on any atom is -0.505 e. The zero-order chi connectivity index (χ0) is 26.0. The molecule has 0 unspecified atom stereocenters. The molecule has 182 valence electrons. The van der Waals surface area contributed by atoms with Crippen LogP contribution in [0.15, 0.2) is 67.5 Å². The van der Waals surface area contributed by atoms with Gasteiger partial charge in [0.15, 0.2) is 11.6 Å². The Morgan fingerprint density at radius 1 is 1.17 bits per heavy atom. The van der Waals surface area contributed by atoms with Gasteiger partial charge in [0.1, 0.15) is 18.0 Å². The highest BCUT2D eigenvalue weighted by molar-refractivity contribution is 6.16. The summed E-state index contributed by atoms with van der Waals surface area (Å²) in [7, 11) is 0. The van der Waals surface area contributed by atoms with Crippen LogP contribution in [0.1, 0.15) is 35.3 Å². The first-order valence-electron chi connectivity index (χ1n) is 10.8. The number of amides is 2. The van der Waals surface area contributed by atoms with Gasteiger partial charge in [0, 0.05) is 24.2 Å². The molecule has 0 aliphatic carbocycles. The molecule has 2 amide bonds. The molecule has 0 saturated carbocycles. The molecular weight excluding hydrogens is 451 g/mol. The Kier molecular flexibility index (Phi) is 9.59. The lowest BCUT2D eigenvalue weighted by atomic mass is 10.0. The van der Waals surface area contributed by atoms with E-state index in [1.165, 1.54) is 12.4 Å². The topological polar surface area (TPSA) is 145 Å². The van der Waals surface area contributed by atoms with Gasteiger partial charge in [-0.2, -0.15) is 0 Å². The molecule has 3 rings (SSSR count). The van der Waals surface area contributed by atoms with Crippen molar-refractivity contribution in [1.82, 2.24) is 14.9 Å². The molecule has 0 radical (unpaired) electrons. The van der Waals surface area contributed by atoms with E-state index in [4.69, 9.17) is 11.1 Å². The van der Waals surface area contributed by atoms with Crippen LogP contribution in [0.3, 0.4) is 0 Å². The normalized spacial score (nSPS) is 9.91. The predicted octanol–water partition coefficient (Wildman–Crippen LogP) is 3.61. The van der Waals surface area contributed by atoms with Crippen LogP contribution in [0, 0.1) is 11.2 Å². The fraction of sp³-hybridized carbons (Fsp3) is 0.160. The van der Waals surface area contributed by atoms with Crippen LogP contribution < -0.4 is 11.1 Å². The second-order valence-corrected chi connectivity index (χ2v) is 6.82. The maximum Gasteiger partial charge on any atom is 0.260 e. The van der Waals surface area contributed by atoms with E-state index in [1.54, 1.807) is 30.3 Å². The molecule has 3 aromatic rings. The number of hydrogen-bond acceptors (Lipinski definition) is 8. The first-order valence-corrected chi connectivity index (χ1v) is 10.8. The number of nitrogens with one attached hydrogen (secondary N) is 2. The molecule has 0 spiro atoms. The van der Waals surface area contributed by atoms with E-state index < -0.39 is 23.4 Å². The summed E-state index contributed by atoms with van der Waals surface area (Å²) in [5.74, 6) is -2.32. The van der Waals surface area contributed by atoms with Crippen LogP contribution in [-0.4, -0.2) is 50.6 Å². The van der Waals surface area contributed by atoms with Crippen LogP contribution >= 0.6 is 0 Å². The van der Waals surface area contributed by atoms with Crippen molar-refractivity contribution in [2.45, 2.75) is 13.8 Å². The lowest BCUT2D eigenvalue weighted by Crippen LogP contribution is -2.39. The number of nitrogens with two attached hydrogens (primary N) is 1. The first-order chi connectivity index (χ1) is 16.8. The molecule has 0 fully saturated rings. The number of hydrogen-bond donors (Lipinski definition) is 4. The Hall–Kier alpha value is -4.60. The summed E-state index contributed by atoms with van der Waals surface area (Å²) in [4.78, 5) is 34.1. The largest absolute Gasteiger partial charge is 0.505 e. The Morgan fingerprint density at radius 2 is 1.86 bits per heavy atom. The monoisotopic (exact) mass is 478 g/mol. The highest BCUT2D eigenvalue weighted by atomic mass is 19.1. The average molecular weight is 479 g/mol. The van der Waals surface area contributed by atoms with Crippen molar-refractivity contribution in [2.75, 3.05) is 24.1 Å². The Bertz CT molecular complexity index is 1220. The molecule has 35 heavy (non-hydrogen) atoms. The molecule has 0 aliphatic heterocycles. The van der Waals surface area contributed by atoms with Crippen molar-refractivity contribution in [3.8, 4) is 5.75 Å². The van der Waals surface area contributed by atoms with Crippen LogP contribution in [0.4, 0.5) is 16.0 Å². The molecule has 0 aliphatic rings. The van der Waals surface area contributed by atoms with Gasteiger partial charge in [-0.15, -0.1) is 0 Å². The number of phenolic OH excluding ortho intramolecular Hbond substituents is 1. The lowest BCUT2D eigenvalue weighted by Gasteiger charge is -2.20. The number of carbonyl (C=O) groups excluding carboxylic acids is 2. The van der Waals surface area contributed by atoms with E-state index in [-0.39, 0.29) is 41.6 Å². The number of benzene rings is 2. The van der Waals surface area contributed by atoms with Crippen molar-refractivity contribution in [2.24, 2.45) is 0 Å². The van der Waals surface area contributed by atoms with Crippen LogP contribution in [0.25, 0.3) is 0 Å². The molecule has 2 aromatic carbocycles. The predicted molar refractivity (Wildman–Crippen MR) is 133 cm³/mol. The number of nitrogens with zero attached hydrogens (tertiary/aromatic N) is 3. The molecule has 1 heterocycles. The van der Waals surface area contributed by atoms with Gasteiger partial charge in [-0.05, 0) is 36.4 Å². The third-order valence-electron chi connectivity index (χ3n) is 4.70. The van der Waals surface area contributed by atoms with Crippen molar-refractivity contribution in [3.63, 3.8) is 0 Å². The van der Waals surface area contributed by atoms with Gasteiger partial charge in [0.25, 0.3) is 11.8 Å². The highest BCUT2D eigenvalue weighted by Gasteiger charge is 2.21. The smallest absolute Gasteiger partial charge is 0.260 e. The lowest BCUT2D eigenvalue weighted by molar-refractivity contribution is -0.123. The SMILES string of the molecule is C=CC(=O)N(CCNc1ncnc(N)c1C(=N)c1ccc(F)c(O)c1)C(=O)c1ccccc1.CC. The minimum absolute atomic E-state index is 0.0132. The summed E-state index contributed by atoms with van der Waals surface area (Å²) in [6.07, 6.45) is 2.24. The number of aromatic nitrogens is 2. The van der Waals surface area contributed by atoms with E-state index >= 15 is 0 Å². The summed E-state index contributed by atoms with van der Waals surface area (Å²) >= 11 is 0. The van der Waals surface area contributed by atoms with Gasteiger partial charge < -0.3 is 16.2 Å². The third kappa shape index (κ3) is 6.47. The van der Waals surface area contributed by atoms with Gasteiger partial charge in [-0.3, -0.25) is 19.9 Å². The molecule has 0 saturated heterocycles. The maximum absolute atomic E-state index is 13.4. The number of halogens is 1. The standard InChI is InChI=1S/C23H21FN6O3.C2H6/c1-2-18(32)30(23(33)14-6-4-3-5-7-14)11-10-27-22-19(21(26)28-13-29-22)20(25)15-8-9-16(24)17(31)12-15;1-2/h2-9,12-13,25,31H,1,10-11H2,(H3,26,27,28,29);1-2H3. The van der Waals surface area contributed by atoms with Crippen LogP contribution in [0.2, 0.25) is 0 Å².